The normalized spacial score (nSPS) is 10.0. The minimum Gasteiger partial charge on any atom is -0.389 e. The van der Waals surface area contributed by atoms with Gasteiger partial charge in [-0.05, 0) is 12.5 Å². The number of nitrogen functional groups attached to an aromatic ring is 1. The van der Waals surface area contributed by atoms with Gasteiger partial charge in [0.25, 0.3) is 5.69 Å². The molecule has 0 spiro atoms. The zero-order valence-electron chi connectivity index (χ0n) is 9.51. The van der Waals surface area contributed by atoms with E-state index >= 15 is 0 Å². The van der Waals surface area contributed by atoms with Crippen LogP contribution in [0.25, 0.3) is 11.1 Å². The Morgan fingerprint density at radius 2 is 2.22 bits per heavy atom. The largest absolute Gasteiger partial charge is 0.389 e. The maximum Gasteiger partial charge on any atom is 0.270 e. The van der Waals surface area contributed by atoms with Gasteiger partial charge in [-0.15, -0.1) is 11.3 Å². The number of non-ortho nitro benzene ring substituents is 1. The molecule has 1 aromatic heterocycles. The first kappa shape index (κ1) is 12.1. The van der Waals surface area contributed by atoms with Crippen molar-refractivity contribution < 1.29 is 4.92 Å². The van der Waals surface area contributed by atoms with Crippen LogP contribution in [0.5, 0.6) is 0 Å². The molecule has 0 aliphatic carbocycles. The molecule has 2 N–H and O–H groups in total. The Balaban J connectivity index is 2.66. The van der Waals surface area contributed by atoms with Gasteiger partial charge in [-0.25, -0.2) is 0 Å². The fourth-order valence-corrected chi connectivity index (χ4v) is 2.70. The van der Waals surface area contributed by atoms with Crippen LogP contribution in [-0.4, -0.2) is 4.92 Å². The Hall–Kier alpha value is -2.39. The van der Waals surface area contributed by atoms with Crippen molar-refractivity contribution in [3.63, 3.8) is 0 Å². The average Bonchev–Trinajstić information content (AvgIpc) is 2.63. The summed E-state index contributed by atoms with van der Waals surface area (Å²) in [7, 11) is 0. The molecule has 90 valence electrons. The van der Waals surface area contributed by atoms with E-state index < -0.39 is 4.92 Å². The summed E-state index contributed by atoms with van der Waals surface area (Å²) in [6.07, 6.45) is 0. The number of anilines is 1. The molecule has 2 rings (SSSR count). The first-order chi connectivity index (χ1) is 8.54. The number of thiophene rings is 1. The van der Waals surface area contributed by atoms with Gasteiger partial charge in [0, 0.05) is 22.6 Å². The predicted octanol–water partition coefficient (Wildman–Crippen LogP) is 3.09. The van der Waals surface area contributed by atoms with E-state index in [9.17, 15) is 10.1 Å². The summed E-state index contributed by atoms with van der Waals surface area (Å²) < 4.78 is 0. The van der Waals surface area contributed by atoms with E-state index in [4.69, 9.17) is 11.0 Å². The lowest BCUT2D eigenvalue weighted by molar-refractivity contribution is -0.384. The molecule has 6 heteroatoms. The van der Waals surface area contributed by atoms with Crippen LogP contribution in [0.15, 0.2) is 24.3 Å². The summed E-state index contributed by atoms with van der Waals surface area (Å²) in [5.74, 6) is 0. The Kier molecular flexibility index (Phi) is 3.00. The lowest BCUT2D eigenvalue weighted by Gasteiger charge is -2.01. The quantitative estimate of drug-likeness (QED) is 0.662. The van der Waals surface area contributed by atoms with Crippen LogP contribution in [0.3, 0.4) is 0 Å². The van der Waals surface area contributed by atoms with E-state index in [1.807, 2.05) is 13.0 Å². The molecule has 5 nitrogen and oxygen atoms in total. The number of benzene rings is 1. The number of nitrogens with two attached hydrogens (primary N) is 1. The van der Waals surface area contributed by atoms with Crippen LogP contribution in [0.4, 0.5) is 10.7 Å². The molecule has 0 saturated heterocycles. The highest BCUT2D eigenvalue weighted by molar-refractivity contribution is 7.16. The fourth-order valence-electron chi connectivity index (χ4n) is 1.80. The van der Waals surface area contributed by atoms with Crippen molar-refractivity contribution in [2.45, 2.75) is 6.92 Å². The molecule has 2 aromatic rings. The number of hydrogen-bond acceptors (Lipinski definition) is 5. The molecule has 1 heterocycles. The zero-order chi connectivity index (χ0) is 13.3. The van der Waals surface area contributed by atoms with Crippen LogP contribution < -0.4 is 5.73 Å². The Morgan fingerprint density at radius 3 is 2.83 bits per heavy atom. The van der Waals surface area contributed by atoms with Crippen molar-refractivity contribution in [3.05, 3.63) is 44.8 Å². The van der Waals surface area contributed by atoms with E-state index in [0.29, 0.717) is 21.7 Å². The van der Waals surface area contributed by atoms with Crippen molar-refractivity contribution in [1.29, 1.82) is 5.26 Å². The third kappa shape index (κ3) is 1.92. The molecule has 18 heavy (non-hydrogen) atoms. The van der Waals surface area contributed by atoms with Gasteiger partial charge in [0.2, 0.25) is 0 Å². The highest BCUT2D eigenvalue weighted by Crippen LogP contribution is 2.38. The number of nitro benzene ring substituents is 1. The molecule has 0 saturated carbocycles. The summed E-state index contributed by atoms with van der Waals surface area (Å²) >= 11 is 1.31. The van der Waals surface area contributed by atoms with Crippen molar-refractivity contribution in [2.75, 3.05) is 5.73 Å². The fraction of sp³-hybridized carbons (Fsp3) is 0.0833. The number of aryl methyl sites for hydroxylation is 1. The van der Waals surface area contributed by atoms with E-state index in [2.05, 4.69) is 0 Å². The standard InChI is InChI=1S/C12H9N3O2S/c1-7-11(10(6-13)12(14)18-7)8-3-2-4-9(5-8)15(16)17/h2-5H,14H2,1H3. The summed E-state index contributed by atoms with van der Waals surface area (Å²) in [5, 5.41) is 20.3. The van der Waals surface area contributed by atoms with Gasteiger partial charge in [-0.3, -0.25) is 10.1 Å². The van der Waals surface area contributed by atoms with Crippen LogP contribution in [0.1, 0.15) is 10.4 Å². The lowest BCUT2D eigenvalue weighted by atomic mass is 10.0. The van der Waals surface area contributed by atoms with Gasteiger partial charge in [0.15, 0.2) is 0 Å². The van der Waals surface area contributed by atoms with Crippen LogP contribution in [-0.2, 0) is 0 Å². The Bertz CT molecular complexity index is 670. The second-order valence-electron chi connectivity index (χ2n) is 3.69. The van der Waals surface area contributed by atoms with Crippen LogP contribution in [0.2, 0.25) is 0 Å². The monoisotopic (exact) mass is 259 g/mol. The number of nitriles is 1. The molecule has 0 aliphatic rings. The van der Waals surface area contributed by atoms with E-state index in [-0.39, 0.29) is 5.69 Å². The molecule has 0 radical (unpaired) electrons. The smallest absolute Gasteiger partial charge is 0.270 e. The topological polar surface area (TPSA) is 93.0 Å². The molecular weight excluding hydrogens is 250 g/mol. The second kappa shape index (κ2) is 4.47. The van der Waals surface area contributed by atoms with Gasteiger partial charge in [-0.1, -0.05) is 12.1 Å². The van der Waals surface area contributed by atoms with Gasteiger partial charge in [0.1, 0.15) is 11.1 Å². The van der Waals surface area contributed by atoms with Gasteiger partial charge in [-0.2, -0.15) is 5.26 Å². The predicted molar refractivity (Wildman–Crippen MR) is 70.3 cm³/mol. The highest BCUT2D eigenvalue weighted by Gasteiger charge is 2.17. The summed E-state index contributed by atoms with van der Waals surface area (Å²) in [4.78, 5) is 11.2. The van der Waals surface area contributed by atoms with Crippen molar-refractivity contribution in [1.82, 2.24) is 0 Å². The lowest BCUT2D eigenvalue weighted by Crippen LogP contribution is -1.90. The summed E-state index contributed by atoms with van der Waals surface area (Å²) in [5.41, 5.74) is 7.47. The highest BCUT2D eigenvalue weighted by atomic mass is 32.1. The minimum atomic E-state index is -0.458. The molecule has 0 atom stereocenters. The van der Waals surface area contributed by atoms with Gasteiger partial charge >= 0.3 is 0 Å². The first-order valence-corrected chi connectivity index (χ1v) is 5.90. The van der Waals surface area contributed by atoms with E-state index in [1.54, 1.807) is 12.1 Å². The maximum absolute atomic E-state index is 10.7. The molecule has 0 amide bonds. The van der Waals surface area contributed by atoms with E-state index in [1.165, 1.54) is 23.5 Å². The SMILES string of the molecule is Cc1sc(N)c(C#N)c1-c1cccc([N+](=O)[O-])c1. The zero-order valence-corrected chi connectivity index (χ0v) is 10.3. The van der Waals surface area contributed by atoms with Crippen molar-refractivity contribution >= 4 is 22.0 Å². The molecule has 1 aromatic carbocycles. The van der Waals surface area contributed by atoms with Crippen molar-refractivity contribution in [2.24, 2.45) is 0 Å². The summed E-state index contributed by atoms with van der Waals surface area (Å²) in [6, 6.07) is 8.26. The number of rotatable bonds is 2. The third-order valence-corrected chi connectivity index (χ3v) is 3.50. The van der Waals surface area contributed by atoms with Crippen molar-refractivity contribution in [3.8, 4) is 17.2 Å². The Labute approximate surface area is 107 Å². The Morgan fingerprint density at radius 1 is 1.50 bits per heavy atom. The van der Waals surface area contributed by atoms with Gasteiger partial charge < -0.3 is 5.73 Å². The summed E-state index contributed by atoms with van der Waals surface area (Å²) in [6.45, 7) is 1.84. The van der Waals surface area contributed by atoms with Gasteiger partial charge in [0.05, 0.1) is 10.5 Å². The number of hydrogen-bond donors (Lipinski definition) is 1. The second-order valence-corrected chi connectivity index (χ2v) is 4.95. The molecule has 0 unspecified atom stereocenters. The third-order valence-electron chi connectivity index (χ3n) is 2.57. The average molecular weight is 259 g/mol. The molecule has 0 bridgehead atoms. The number of nitro groups is 1. The molecule has 0 fully saturated rings. The maximum atomic E-state index is 10.7. The van der Waals surface area contributed by atoms with Crippen LogP contribution in [0, 0.1) is 28.4 Å². The first-order valence-electron chi connectivity index (χ1n) is 5.08. The number of nitrogens with zero attached hydrogens (tertiary/aromatic N) is 2. The van der Waals surface area contributed by atoms with E-state index in [0.717, 1.165) is 4.88 Å². The van der Waals surface area contributed by atoms with Crippen LogP contribution >= 0.6 is 11.3 Å². The molecular formula is C12H9N3O2S. The minimum absolute atomic E-state index is 0.000520. The molecule has 0 aliphatic heterocycles.